The fourth-order valence-corrected chi connectivity index (χ4v) is 2.15. The molecule has 90 valence electrons. The summed E-state index contributed by atoms with van der Waals surface area (Å²) in [5, 5.41) is 6.99. The van der Waals surface area contributed by atoms with Crippen molar-refractivity contribution in [2.45, 2.75) is 31.2 Å². The van der Waals surface area contributed by atoms with E-state index in [-0.39, 0.29) is 0 Å². The summed E-state index contributed by atoms with van der Waals surface area (Å²) in [6.07, 6.45) is -6.67. The molecule has 0 fully saturated rings. The summed E-state index contributed by atoms with van der Waals surface area (Å²) >= 11 is 0. The van der Waals surface area contributed by atoms with Crippen molar-refractivity contribution in [3.05, 3.63) is 0 Å². The molecule has 0 aliphatic carbocycles. The van der Waals surface area contributed by atoms with E-state index in [9.17, 15) is 26.4 Å². The lowest BCUT2D eigenvalue weighted by atomic mass is 10.3. The molecule has 1 unspecified atom stereocenters. The average molecular weight is 248 g/mol. The molecule has 0 aromatic heterocycles. The van der Waals surface area contributed by atoms with Crippen molar-refractivity contribution in [1.82, 2.24) is 0 Å². The van der Waals surface area contributed by atoms with Crippen LogP contribution in [0.4, 0.5) is 13.2 Å². The van der Waals surface area contributed by atoms with Crippen LogP contribution in [0.2, 0.25) is 0 Å². The lowest BCUT2D eigenvalue weighted by Crippen LogP contribution is -2.26. The van der Waals surface area contributed by atoms with E-state index in [2.05, 4.69) is 0 Å². The SMILES string of the molecule is CC(CC(=O)O)S(=O)(=O)CCC(F)(F)F. The molecule has 0 spiro atoms. The third kappa shape index (κ3) is 6.32. The number of sulfone groups is 1. The Morgan fingerprint density at radius 2 is 1.87 bits per heavy atom. The van der Waals surface area contributed by atoms with Gasteiger partial charge in [0.1, 0.15) is 0 Å². The van der Waals surface area contributed by atoms with Crippen LogP contribution in [0, 0.1) is 0 Å². The van der Waals surface area contributed by atoms with Gasteiger partial charge in [0.25, 0.3) is 0 Å². The smallest absolute Gasteiger partial charge is 0.390 e. The van der Waals surface area contributed by atoms with E-state index in [0.717, 1.165) is 6.92 Å². The molecule has 0 radical (unpaired) electrons. The van der Waals surface area contributed by atoms with Crippen LogP contribution in [-0.4, -0.2) is 36.7 Å². The number of aliphatic carboxylic acids is 1. The van der Waals surface area contributed by atoms with E-state index in [0.29, 0.717) is 0 Å². The summed E-state index contributed by atoms with van der Waals surface area (Å²) in [4.78, 5) is 10.2. The number of carboxylic acids is 1. The van der Waals surface area contributed by atoms with Crippen LogP contribution in [0.25, 0.3) is 0 Å². The molecule has 0 saturated heterocycles. The standard InChI is InChI=1S/C7H11F3O4S/c1-5(4-6(11)12)15(13,14)3-2-7(8,9)10/h5H,2-4H2,1H3,(H,11,12). The second-order valence-electron chi connectivity index (χ2n) is 3.14. The van der Waals surface area contributed by atoms with Gasteiger partial charge in [0.2, 0.25) is 0 Å². The molecule has 1 atom stereocenters. The Labute approximate surface area is 85.0 Å². The molecule has 0 amide bonds. The molecule has 0 rings (SSSR count). The molecule has 0 aliphatic rings. The highest BCUT2D eigenvalue weighted by atomic mass is 32.2. The van der Waals surface area contributed by atoms with Gasteiger partial charge in [-0.05, 0) is 6.92 Å². The molecule has 0 aliphatic heterocycles. The molecule has 0 bridgehead atoms. The fraction of sp³-hybridized carbons (Fsp3) is 0.857. The Morgan fingerprint density at radius 1 is 1.40 bits per heavy atom. The van der Waals surface area contributed by atoms with E-state index in [1.54, 1.807) is 0 Å². The molecule has 15 heavy (non-hydrogen) atoms. The molecule has 0 saturated carbocycles. The maximum Gasteiger partial charge on any atom is 0.390 e. The highest BCUT2D eigenvalue weighted by Gasteiger charge is 2.32. The molecular formula is C7H11F3O4S. The van der Waals surface area contributed by atoms with Gasteiger partial charge < -0.3 is 5.11 Å². The van der Waals surface area contributed by atoms with Crippen molar-refractivity contribution in [1.29, 1.82) is 0 Å². The van der Waals surface area contributed by atoms with Gasteiger partial charge in [-0.1, -0.05) is 0 Å². The minimum atomic E-state index is -4.55. The van der Waals surface area contributed by atoms with Gasteiger partial charge in [0.15, 0.2) is 9.84 Å². The average Bonchev–Trinajstić information content (AvgIpc) is 1.98. The zero-order chi connectivity index (χ0) is 12.3. The summed E-state index contributed by atoms with van der Waals surface area (Å²) in [5.74, 6) is -2.41. The first-order chi connectivity index (χ1) is 6.54. The Bertz CT molecular complexity index is 320. The van der Waals surface area contributed by atoms with Crippen molar-refractivity contribution in [3.63, 3.8) is 0 Å². The number of hydrogen-bond acceptors (Lipinski definition) is 3. The number of hydrogen-bond donors (Lipinski definition) is 1. The summed E-state index contributed by atoms with van der Waals surface area (Å²) < 4.78 is 57.5. The van der Waals surface area contributed by atoms with Gasteiger partial charge in [-0.15, -0.1) is 0 Å². The van der Waals surface area contributed by atoms with Gasteiger partial charge in [0.05, 0.1) is 23.8 Å². The largest absolute Gasteiger partial charge is 0.481 e. The van der Waals surface area contributed by atoms with Crippen LogP contribution in [0.3, 0.4) is 0 Å². The predicted octanol–water partition coefficient (Wildman–Crippen LogP) is 1.22. The first-order valence-electron chi connectivity index (χ1n) is 4.05. The number of carbonyl (C=O) groups is 1. The first kappa shape index (κ1) is 14.2. The van der Waals surface area contributed by atoms with E-state index in [1.165, 1.54) is 0 Å². The Morgan fingerprint density at radius 3 is 2.20 bits per heavy atom. The third-order valence-corrected chi connectivity index (χ3v) is 3.91. The number of alkyl halides is 3. The van der Waals surface area contributed by atoms with Crippen molar-refractivity contribution >= 4 is 15.8 Å². The second kappa shape index (κ2) is 4.82. The maximum atomic E-state index is 11.7. The minimum absolute atomic E-state index is 0.680. The Kier molecular flexibility index (Phi) is 4.57. The molecular weight excluding hydrogens is 237 g/mol. The van der Waals surface area contributed by atoms with E-state index in [4.69, 9.17) is 5.11 Å². The number of rotatable bonds is 5. The normalized spacial score (nSPS) is 14.9. The molecule has 0 heterocycles. The highest BCUT2D eigenvalue weighted by Crippen LogP contribution is 2.21. The predicted molar refractivity (Wildman–Crippen MR) is 46.2 cm³/mol. The molecule has 1 N–H and O–H groups in total. The van der Waals surface area contributed by atoms with Crippen LogP contribution in [0.5, 0.6) is 0 Å². The van der Waals surface area contributed by atoms with Gasteiger partial charge in [-0.25, -0.2) is 8.42 Å². The van der Waals surface area contributed by atoms with Crippen molar-refractivity contribution in [2.24, 2.45) is 0 Å². The third-order valence-electron chi connectivity index (χ3n) is 1.75. The van der Waals surface area contributed by atoms with E-state index in [1.807, 2.05) is 0 Å². The topological polar surface area (TPSA) is 71.4 Å². The Hall–Kier alpha value is -0.790. The van der Waals surface area contributed by atoms with Crippen molar-refractivity contribution < 1.29 is 31.5 Å². The maximum absolute atomic E-state index is 11.7. The highest BCUT2D eigenvalue weighted by molar-refractivity contribution is 7.92. The fourth-order valence-electron chi connectivity index (χ4n) is 0.832. The van der Waals surface area contributed by atoms with Crippen LogP contribution < -0.4 is 0 Å². The van der Waals surface area contributed by atoms with Crippen LogP contribution in [0.1, 0.15) is 19.8 Å². The second-order valence-corrected chi connectivity index (χ2v) is 5.68. The van der Waals surface area contributed by atoms with Crippen molar-refractivity contribution in [3.8, 4) is 0 Å². The monoisotopic (exact) mass is 248 g/mol. The minimum Gasteiger partial charge on any atom is -0.481 e. The lowest BCUT2D eigenvalue weighted by Gasteiger charge is -2.11. The molecule has 0 aromatic carbocycles. The van der Waals surface area contributed by atoms with E-state index >= 15 is 0 Å². The zero-order valence-electron chi connectivity index (χ0n) is 7.91. The Balaban J connectivity index is 4.37. The van der Waals surface area contributed by atoms with Crippen LogP contribution in [0.15, 0.2) is 0 Å². The summed E-state index contributed by atoms with van der Waals surface area (Å²) in [7, 11) is -3.99. The summed E-state index contributed by atoms with van der Waals surface area (Å²) in [6.45, 7) is 1.08. The van der Waals surface area contributed by atoms with E-state index < -0.39 is 45.8 Å². The first-order valence-corrected chi connectivity index (χ1v) is 5.76. The zero-order valence-corrected chi connectivity index (χ0v) is 8.73. The molecule has 8 heteroatoms. The van der Waals surface area contributed by atoms with Crippen molar-refractivity contribution in [2.75, 3.05) is 5.75 Å². The summed E-state index contributed by atoms with van der Waals surface area (Å²) in [6, 6.07) is 0. The van der Waals surface area contributed by atoms with Gasteiger partial charge in [-0.3, -0.25) is 4.79 Å². The molecule has 0 aromatic rings. The number of halogens is 3. The van der Waals surface area contributed by atoms with Crippen LogP contribution >= 0.6 is 0 Å². The van der Waals surface area contributed by atoms with Crippen LogP contribution in [-0.2, 0) is 14.6 Å². The number of carboxylic acid groups (broad SMARTS) is 1. The van der Waals surface area contributed by atoms with Gasteiger partial charge >= 0.3 is 12.1 Å². The quantitative estimate of drug-likeness (QED) is 0.794. The molecule has 4 nitrogen and oxygen atoms in total. The summed E-state index contributed by atoms with van der Waals surface area (Å²) in [5.41, 5.74) is 0. The lowest BCUT2D eigenvalue weighted by molar-refractivity contribution is -0.136. The van der Waals surface area contributed by atoms with Gasteiger partial charge in [-0.2, -0.15) is 13.2 Å². The van der Waals surface area contributed by atoms with Gasteiger partial charge in [0, 0.05) is 0 Å².